The molecule has 1 aromatic heterocycles. The van der Waals surface area contributed by atoms with Crippen molar-refractivity contribution < 1.29 is 9.59 Å². The largest absolute Gasteiger partial charge is 0.397 e. The lowest BCUT2D eigenvalue weighted by Gasteiger charge is -2.08. The maximum absolute atomic E-state index is 12.0. The van der Waals surface area contributed by atoms with E-state index < -0.39 is 0 Å². The number of nitrogens with two attached hydrogens (primary N) is 1. The van der Waals surface area contributed by atoms with E-state index in [1.807, 2.05) is 0 Å². The van der Waals surface area contributed by atoms with Crippen molar-refractivity contribution in [3.8, 4) is 0 Å². The number of amides is 2. The number of carbonyl (C=O) groups excluding carboxylic acids is 2. The zero-order valence-corrected chi connectivity index (χ0v) is 12.1. The quantitative estimate of drug-likeness (QED) is 0.814. The lowest BCUT2D eigenvalue weighted by molar-refractivity contribution is 0.0961. The molecule has 0 saturated heterocycles. The smallest absolute Gasteiger partial charge is 0.267 e. The fourth-order valence-electron chi connectivity index (χ4n) is 1.60. The van der Waals surface area contributed by atoms with Crippen LogP contribution in [0.15, 0.2) is 29.6 Å². The molecule has 0 radical (unpaired) electrons. The van der Waals surface area contributed by atoms with Gasteiger partial charge in [0.25, 0.3) is 11.8 Å². The fraction of sp³-hybridized carbons (Fsp3) is 0.0769. The average Bonchev–Trinajstić information content (AvgIpc) is 2.86. The third-order valence-electron chi connectivity index (χ3n) is 2.60. The van der Waals surface area contributed by atoms with Crippen molar-refractivity contribution in [2.24, 2.45) is 0 Å². The van der Waals surface area contributed by atoms with Crippen LogP contribution >= 0.6 is 22.9 Å². The van der Waals surface area contributed by atoms with Gasteiger partial charge in [-0.2, -0.15) is 0 Å². The minimum Gasteiger partial charge on any atom is -0.397 e. The van der Waals surface area contributed by atoms with E-state index in [-0.39, 0.29) is 11.8 Å². The first-order chi connectivity index (χ1) is 9.52. The Morgan fingerprint density at radius 3 is 2.60 bits per heavy atom. The van der Waals surface area contributed by atoms with E-state index in [2.05, 4.69) is 10.6 Å². The third-order valence-corrected chi connectivity index (χ3v) is 3.86. The fourth-order valence-corrected chi connectivity index (χ4v) is 2.52. The second kappa shape index (κ2) is 5.94. The number of anilines is 2. The molecule has 1 aromatic carbocycles. The number of benzene rings is 1. The topological polar surface area (TPSA) is 84.2 Å². The minimum atomic E-state index is -0.318. The number of thiophene rings is 1. The molecule has 2 amide bonds. The molecule has 0 unspecified atom stereocenters. The van der Waals surface area contributed by atoms with Crippen molar-refractivity contribution in [2.75, 3.05) is 18.1 Å². The maximum atomic E-state index is 12.0. The summed E-state index contributed by atoms with van der Waals surface area (Å²) in [6.45, 7) is 0. The van der Waals surface area contributed by atoms with Gasteiger partial charge in [0.15, 0.2) is 0 Å². The highest BCUT2D eigenvalue weighted by molar-refractivity contribution is 7.12. The summed E-state index contributed by atoms with van der Waals surface area (Å²) in [5.74, 6) is -0.635. The Bertz CT molecular complexity index is 669. The Balaban J connectivity index is 2.24. The SMILES string of the molecule is CNC(=O)c1cc(NC(=O)c2sccc2N)ccc1Cl. The summed E-state index contributed by atoms with van der Waals surface area (Å²) < 4.78 is 0. The molecule has 0 aliphatic carbocycles. The highest BCUT2D eigenvalue weighted by Gasteiger charge is 2.14. The number of nitrogen functional groups attached to an aromatic ring is 1. The van der Waals surface area contributed by atoms with Gasteiger partial charge in [-0.3, -0.25) is 9.59 Å². The van der Waals surface area contributed by atoms with Crippen LogP contribution in [0.25, 0.3) is 0 Å². The summed E-state index contributed by atoms with van der Waals surface area (Å²) in [4.78, 5) is 24.1. The standard InChI is InChI=1S/C13H12ClN3O2S/c1-16-12(18)8-6-7(2-3-9(8)14)17-13(19)11-10(15)4-5-20-11/h2-6H,15H2,1H3,(H,16,18)(H,17,19). The monoisotopic (exact) mass is 309 g/mol. The number of carbonyl (C=O) groups is 2. The molecule has 0 fully saturated rings. The molecule has 7 heteroatoms. The van der Waals surface area contributed by atoms with Gasteiger partial charge in [-0.25, -0.2) is 0 Å². The van der Waals surface area contributed by atoms with Crippen LogP contribution < -0.4 is 16.4 Å². The first kappa shape index (κ1) is 14.4. The Kier molecular flexibility index (Phi) is 4.26. The van der Waals surface area contributed by atoms with Gasteiger partial charge in [0.05, 0.1) is 16.3 Å². The van der Waals surface area contributed by atoms with Crippen LogP contribution in [0, 0.1) is 0 Å². The molecule has 0 atom stereocenters. The van der Waals surface area contributed by atoms with Crippen molar-refractivity contribution in [1.82, 2.24) is 5.32 Å². The number of hydrogen-bond acceptors (Lipinski definition) is 4. The molecule has 20 heavy (non-hydrogen) atoms. The van der Waals surface area contributed by atoms with Crippen molar-refractivity contribution in [2.45, 2.75) is 0 Å². The molecule has 2 rings (SSSR count). The molecule has 0 bridgehead atoms. The van der Waals surface area contributed by atoms with E-state index in [4.69, 9.17) is 17.3 Å². The molecule has 0 aliphatic rings. The number of nitrogens with one attached hydrogen (secondary N) is 2. The van der Waals surface area contributed by atoms with Crippen molar-refractivity contribution in [3.05, 3.63) is 45.1 Å². The molecular weight excluding hydrogens is 298 g/mol. The lowest BCUT2D eigenvalue weighted by Crippen LogP contribution is -2.19. The molecule has 0 aliphatic heterocycles. The van der Waals surface area contributed by atoms with E-state index in [0.29, 0.717) is 26.8 Å². The maximum Gasteiger partial charge on any atom is 0.267 e. The third kappa shape index (κ3) is 2.92. The predicted molar refractivity (Wildman–Crippen MR) is 81.5 cm³/mol. The Morgan fingerprint density at radius 2 is 2.00 bits per heavy atom. The van der Waals surface area contributed by atoms with Crippen molar-refractivity contribution in [1.29, 1.82) is 0 Å². The normalized spacial score (nSPS) is 10.1. The minimum absolute atomic E-state index is 0.297. The van der Waals surface area contributed by atoms with E-state index in [1.165, 1.54) is 24.5 Å². The van der Waals surface area contributed by atoms with Gasteiger partial charge in [-0.05, 0) is 29.6 Å². The van der Waals surface area contributed by atoms with Gasteiger partial charge in [0.2, 0.25) is 0 Å². The van der Waals surface area contributed by atoms with Crippen molar-refractivity contribution in [3.63, 3.8) is 0 Å². The van der Waals surface area contributed by atoms with Gasteiger partial charge >= 0.3 is 0 Å². The van der Waals surface area contributed by atoms with Crippen LogP contribution in [0.1, 0.15) is 20.0 Å². The highest BCUT2D eigenvalue weighted by atomic mass is 35.5. The van der Waals surface area contributed by atoms with Crippen LogP contribution in [0.5, 0.6) is 0 Å². The van der Waals surface area contributed by atoms with E-state index >= 15 is 0 Å². The van der Waals surface area contributed by atoms with Gasteiger partial charge < -0.3 is 16.4 Å². The highest BCUT2D eigenvalue weighted by Crippen LogP contribution is 2.23. The summed E-state index contributed by atoms with van der Waals surface area (Å²) in [7, 11) is 1.51. The van der Waals surface area contributed by atoms with Gasteiger partial charge in [0.1, 0.15) is 4.88 Å². The Morgan fingerprint density at radius 1 is 1.25 bits per heavy atom. The van der Waals surface area contributed by atoms with Crippen LogP contribution in [-0.4, -0.2) is 18.9 Å². The van der Waals surface area contributed by atoms with Crippen LogP contribution in [0.2, 0.25) is 5.02 Å². The zero-order chi connectivity index (χ0) is 14.7. The molecule has 1 heterocycles. The molecule has 0 spiro atoms. The summed E-state index contributed by atoms with van der Waals surface area (Å²) in [5, 5.41) is 7.23. The van der Waals surface area contributed by atoms with Crippen LogP contribution in [0.3, 0.4) is 0 Å². The van der Waals surface area contributed by atoms with Gasteiger partial charge in [0, 0.05) is 12.7 Å². The molecule has 0 saturated carbocycles. The summed E-state index contributed by atoms with van der Waals surface area (Å²) in [6.07, 6.45) is 0. The molecule has 4 N–H and O–H groups in total. The predicted octanol–water partition coefficient (Wildman–Crippen LogP) is 2.60. The zero-order valence-electron chi connectivity index (χ0n) is 10.6. The first-order valence-electron chi connectivity index (χ1n) is 5.69. The van der Waals surface area contributed by atoms with E-state index in [9.17, 15) is 9.59 Å². The Labute approximate surface area is 124 Å². The second-order valence-corrected chi connectivity index (χ2v) is 5.26. The lowest BCUT2D eigenvalue weighted by atomic mass is 10.2. The van der Waals surface area contributed by atoms with Crippen LogP contribution in [-0.2, 0) is 0 Å². The van der Waals surface area contributed by atoms with E-state index in [0.717, 1.165) is 0 Å². The van der Waals surface area contributed by atoms with Gasteiger partial charge in [-0.15, -0.1) is 11.3 Å². The summed E-state index contributed by atoms with van der Waals surface area (Å²) in [5.41, 5.74) is 6.88. The summed E-state index contributed by atoms with van der Waals surface area (Å²) in [6, 6.07) is 6.36. The van der Waals surface area contributed by atoms with E-state index in [1.54, 1.807) is 23.6 Å². The first-order valence-corrected chi connectivity index (χ1v) is 6.94. The van der Waals surface area contributed by atoms with Gasteiger partial charge in [-0.1, -0.05) is 11.6 Å². The number of halogens is 1. The van der Waals surface area contributed by atoms with Crippen LogP contribution in [0.4, 0.5) is 11.4 Å². The molecular formula is C13H12ClN3O2S. The molecule has 104 valence electrons. The second-order valence-electron chi connectivity index (χ2n) is 3.93. The average molecular weight is 310 g/mol. The number of hydrogen-bond donors (Lipinski definition) is 3. The molecule has 2 aromatic rings. The van der Waals surface area contributed by atoms with Crippen molar-refractivity contribution >= 4 is 46.1 Å². The Hall–Kier alpha value is -2.05. The summed E-state index contributed by atoms with van der Waals surface area (Å²) >= 11 is 7.19. The molecule has 5 nitrogen and oxygen atoms in total. The number of rotatable bonds is 3.